The molecule has 0 aliphatic rings. The monoisotopic (exact) mass is 846 g/mol. The first-order valence-electron chi connectivity index (χ1n) is 21.8. The molecule has 302 valence electrons. The number of benzene rings is 10. The molecule has 0 fully saturated rings. The van der Waals surface area contributed by atoms with Crippen molar-refractivity contribution in [1.82, 2.24) is 19.5 Å². The van der Waals surface area contributed by atoms with Crippen molar-refractivity contribution >= 4 is 96.8 Å². The number of hydrogen-bond acceptors (Lipinski definition) is 5. The SMILES string of the molecule is c1ccc(-c2nc(-c3ccc(-n4c5ccccc5c5cc6ccccc6cc54)c(-c4cccc5sc6c7ccccc7ccc6c45)c3)nc(-c3ccc4c(c3)oc3ccccc34)n2)cc1. The van der Waals surface area contributed by atoms with Gasteiger partial charge in [-0.05, 0) is 87.8 Å². The summed E-state index contributed by atoms with van der Waals surface area (Å²) in [6.07, 6.45) is 0. The molecule has 0 saturated carbocycles. The first-order chi connectivity index (χ1) is 32.2. The molecule has 0 radical (unpaired) electrons. The first-order valence-corrected chi connectivity index (χ1v) is 22.7. The van der Waals surface area contributed by atoms with Crippen LogP contribution >= 0.6 is 11.3 Å². The Morgan fingerprint density at radius 3 is 1.86 bits per heavy atom. The number of para-hydroxylation sites is 2. The molecule has 0 N–H and O–H groups in total. The summed E-state index contributed by atoms with van der Waals surface area (Å²) >= 11 is 1.86. The van der Waals surface area contributed by atoms with Crippen LogP contribution in [-0.2, 0) is 0 Å². The average molecular weight is 847 g/mol. The van der Waals surface area contributed by atoms with Gasteiger partial charge in [-0.25, -0.2) is 15.0 Å². The van der Waals surface area contributed by atoms with Gasteiger partial charge in [0.15, 0.2) is 17.5 Å². The quantitative estimate of drug-likeness (QED) is 0.173. The number of hydrogen-bond donors (Lipinski definition) is 0. The minimum Gasteiger partial charge on any atom is -0.456 e. The van der Waals surface area contributed by atoms with Gasteiger partial charge in [-0.2, -0.15) is 0 Å². The lowest BCUT2D eigenvalue weighted by molar-refractivity contribution is 0.669. The van der Waals surface area contributed by atoms with E-state index in [1.54, 1.807) is 0 Å². The van der Waals surface area contributed by atoms with E-state index in [4.69, 9.17) is 19.4 Å². The largest absolute Gasteiger partial charge is 0.456 e. The Morgan fingerprint density at radius 1 is 0.369 bits per heavy atom. The highest BCUT2D eigenvalue weighted by Gasteiger charge is 2.22. The Labute approximate surface area is 376 Å². The average Bonchev–Trinajstić information content (AvgIpc) is 4.05. The van der Waals surface area contributed by atoms with Crippen molar-refractivity contribution in [3.05, 3.63) is 206 Å². The Kier molecular flexibility index (Phi) is 7.79. The summed E-state index contributed by atoms with van der Waals surface area (Å²) in [6, 6.07) is 73.4. The van der Waals surface area contributed by atoms with Gasteiger partial charge in [0.05, 0.1) is 16.7 Å². The minimum absolute atomic E-state index is 0.578. The lowest BCUT2D eigenvalue weighted by atomic mass is 9.95. The summed E-state index contributed by atoms with van der Waals surface area (Å²) in [5.41, 5.74) is 9.93. The van der Waals surface area contributed by atoms with E-state index >= 15 is 0 Å². The number of rotatable bonds is 5. The number of thiophene rings is 1. The van der Waals surface area contributed by atoms with Crippen LogP contribution in [0.15, 0.2) is 211 Å². The highest BCUT2D eigenvalue weighted by molar-refractivity contribution is 7.26. The van der Waals surface area contributed by atoms with Crippen molar-refractivity contribution in [3.63, 3.8) is 0 Å². The number of fused-ring (bicyclic) bond motifs is 12. The van der Waals surface area contributed by atoms with Gasteiger partial charge < -0.3 is 8.98 Å². The molecule has 0 unspecified atom stereocenters. The highest BCUT2D eigenvalue weighted by Crippen LogP contribution is 2.46. The fraction of sp³-hybridized carbons (Fsp3) is 0. The number of nitrogens with zero attached hydrogens (tertiary/aromatic N) is 4. The van der Waals surface area contributed by atoms with Crippen LogP contribution in [-0.4, -0.2) is 19.5 Å². The molecule has 14 aromatic rings. The van der Waals surface area contributed by atoms with Gasteiger partial charge in [-0.15, -0.1) is 11.3 Å². The predicted octanol–water partition coefficient (Wildman–Crippen LogP) is 16.2. The van der Waals surface area contributed by atoms with E-state index in [0.717, 1.165) is 66.5 Å². The van der Waals surface area contributed by atoms with Crippen LogP contribution in [0.2, 0.25) is 0 Å². The normalized spacial score (nSPS) is 12.0. The lowest BCUT2D eigenvalue weighted by Gasteiger charge is -2.17. The lowest BCUT2D eigenvalue weighted by Crippen LogP contribution is -2.02. The van der Waals surface area contributed by atoms with Crippen molar-refractivity contribution in [2.24, 2.45) is 0 Å². The van der Waals surface area contributed by atoms with Crippen molar-refractivity contribution in [2.45, 2.75) is 0 Å². The van der Waals surface area contributed by atoms with Crippen LogP contribution in [0.3, 0.4) is 0 Å². The first kappa shape index (κ1) is 36.1. The Balaban J connectivity index is 1.06. The van der Waals surface area contributed by atoms with E-state index in [0.29, 0.717) is 17.5 Å². The summed E-state index contributed by atoms with van der Waals surface area (Å²) in [7, 11) is 0. The van der Waals surface area contributed by atoms with Crippen molar-refractivity contribution in [2.75, 3.05) is 0 Å². The molecule has 0 amide bonds. The zero-order valence-corrected chi connectivity index (χ0v) is 35.6. The van der Waals surface area contributed by atoms with Crippen LogP contribution in [0, 0.1) is 0 Å². The van der Waals surface area contributed by atoms with Gasteiger partial charge in [0.1, 0.15) is 11.2 Å². The third-order valence-corrected chi connectivity index (χ3v) is 14.2. The number of furan rings is 1. The van der Waals surface area contributed by atoms with Gasteiger partial charge in [-0.1, -0.05) is 146 Å². The Hall–Kier alpha value is -8.45. The van der Waals surface area contributed by atoms with Gasteiger partial charge in [-0.3, -0.25) is 0 Å². The molecule has 4 heterocycles. The van der Waals surface area contributed by atoms with E-state index < -0.39 is 0 Å². The maximum absolute atomic E-state index is 6.35. The second-order valence-corrected chi connectivity index (χ2v) is 17.8. The molecule has 65 heavy (non-hydrogen) atoms. The maximum atomic E-state index is 6.35. The molecule has 6 heteroatoms. The fourth-order valence-corrected chi connectivity index (χ4v) is 11.3. The zero-order chi connectivity index (χ0) is 42.6. The maximum Gasteiger partial charge on any atom is 0.164 e. The standard InChI is InChI=1S/C59H34N4OS/c1-2-14-36(15-3-1)57-60-58(62-59(61-57)40-26-28-44-43-20-9-11-23-52(43)64-53(44)34-40)39-27-30-50(63-49-22-10-8-19-42(49)47-31-37-16-4-5-17-38(37)33-51(47)63)48(32-39)45-21-12-24-54-55(45)46-29-25-35-13-6-7-18-41(35)56(46)65-54/h1-34H. The smallest absolute Gasteiger partial charge is 0.164 e. The molecule has 0 aliphatic carbocycles. The molecular weight excluding hydrogens is 813 g/mol. The second kappa shape index (κ2) is 14.0. The summed E-state index contributed by atoms with van der Waals surface area (Å²) in [6.45, 7) is 0. The third kappa shape index (κ3) is 5.61. The second-order valence-electron chi connectivity index (χ2n) is 16.7. The molecule has 10 aromatic carbocycles. The summed E-state index contributed by atoms with van der Waals surface area (Å²) < 4.78 is 11.3. The highest BCUT2D eigenvalue weighted by atomic mass is 32.1. The number of aromatic nitrogens is 4. The van der Waals surface area contributed by atoms with Crippen molar-refractivity contribution < 1.29 is 4.42 Å². The van der Waals surface area contributed by atoms with Crippen LogP contribution in [0.25, 0.3) is 136 Å². The molecule has 0 spiro atoms. The summed E-state index contributed by atoms with van der Waals surface area (Å²) in [5.74, 6) is 1.77. The third-order valence-electron chi connectivity index (χ3n) is 13.0. The minimum atomic E-state index is 0.578. The molecule has 0 aliphatic heterocycles. The van der Waals surface area contributed by atoms with Crippen molar-refractivity contribution in [3.8, 4) is 51.0 Å². The van der Waals surface area contributed by atoms with E-state index in [2.05, 4.69) is 174 Å². The predicted molar refractivity (Wildman–Crippen MR) is 271 cm³/mol. The molecule has 5 nitrogen and oxygen atoms in total. The molecule has 4 aromatic heterocycles. The zero-order valence-electron chi connectivity index (χ0n) is 34.7. The van der Waals surface area contributed by atoms with E-state index in [1.807, 2.05) is 47.7 Å². The van der Waals surface area contributed by atoms with E-state index in [-0.39, 0.29) is 0 Å². The van der Waals surface area contributed by atoms with Crippen molar-refractivity contribution in [1.29, 1.82) is 0 Å². The topological polar surface area (TPSA) is 56.7 Å². The summed E-state index contributed by atoms with van der Waals surface area (Å²) in [5, 5.41) is 12.0. The molecule has 0 atom stereocenters. The fourth-order valence-electron chi connectivity index (χ4n) is 9.99. The Morgan fingerprint density at radius 2 is 1.02 bits per heavy atom. The molecule has 14 rings (SSSR count). The van der Waals surface area contributed by atoms with E-state index in [1.165, 1.54) is 52.5 Å². The van der Waals surface area contributed by atoms with Crippen LogP contribution in [0.5, 0.6) is 0 Å². The van der Waals surface area contributed by atoms with Gasteiger partial charge in [0.2, 0.25) is 0 Å². The van der Waals surface area contributed by atoms with E-state index in [9.17, 15) is 0 Å². The molecule has 0 saturated heterocycles. The molecule has 0 bridgehead atoms. The van der Waals surface area contributed by atoms with Gasteiger partial charge in [0.25, 0.3) is 0 Å². The van der Waals surface area contributed by atoms with Gasteiger partial charge in [0, 0.05) is 64.0 Å². The van der Waals surface area contributed by atoms with Crippen LogP contribution in [0.1, 0.15) is 0 Å². The van der Waals surface area contributed by atoms with Gasteiger partial charge >= 0.3 is 0 Å². The van der Waals surface area contributed by atoms with Crippen LogP contribution in [0.4, 0.5) is 0 Å². The Bertz CT molecular complexity index is 4260. The summed E-state index contributed by atoms with van der Waals surface area (Å²) in [4.78, 5) is 15.7. The molecular formula is C59H34N4OS. The van der Waals surface area contributed by atoms with Crippen LogP contribution < -0.4 is 0 Å².